The second-order valence-corrected chi connectivity index (χ2v) is 5.48. The lowest BCUT2D eigenvalue weighted by Crippen LogP contribution is -2.34. The van der Waals surface area contributed by atoms with Crippen LogP contribution in [0.15, 0.2) is 18.2 Å². The summed E-state index contributed by atoms with van der Waals surface area (Å²) in [4.78, 5) is 22.0. The van der Waals surface area contributed by atoms with E-state index in [0.717, 1.165) is 31.2 Å². The predicted octanol–water partition coefficient (Wildman–Crippen LogP) is 3.69. The molecule has 0 atom stereocenters. The summed E-state index contributed by atoms with van der Waals surface area (Å²) < 4.78 is 0. The summed E-state index contributed by atoms with van der Waals surface area (Å²) in [5, 5.41) is 16.4. The van der Waals surface area contributed by atoms with Gasteiger partial charge < -0.3 is 10.6 Å². The number of unbranched alkanes of at least 4 members (excludes halogenated alkanes) is 3. The van der Waals surface area contributed by atoms with Crippen molar-refractivity contribution >= 4 is 34.6 Å². The zero-order chi connectivity index (χ0) is 16.5. The molecule has 6 nitrogen and oxygen atoms in total. The molecule has 0 unspecified atom stereocenters. The van der Waals surface area contributed by atoms with Gasteiger partial charge in [-0.15, -0.1) is 0 Å². The molecule has 0 aliphatic carbocycles. The molecule has 7 heteroatoms. The summed E-state index contributed by atoms with van der Waals surface area (Å²) in [6.07, 6.45) is 4.51. The average molecular weight is 323 g/mol. The molecule has 0 aliphatic rings. The maximum Gasteiger partial charge on any atom is 0.271 e. The number of nitro groups is 1. The van der Waals surface area contributed by atoms with Gasteiger partial charge in [0.15, 0.2) is 5.11 Å². The van der Waals surface area contributed by atoms with Gasteiger partial charge in [0.05, 0.1) is 4.92 Å². The Morgan fingerprint density at radius 2 is 2.05 bits per heavy atom. The minimum absolute atomic E-state index is 0.0261. The van der Waals surface area contributed by atoms with Crippen molar-refractivity contribution in [3.63, 3.8) is 0 Å². The maximum atomic E-state index is 11.7. The fraction of sp³-hybridized carbons (Fsp3) is 0.467. The number of thiocarbonyl (C=S) groups is 1. The molecule has 1 rings (SSSR count). The van der Waals surface area contributed by atoms with Crippen molar-refractivity contribution in [2.24, 2.45) is 0 Å². The fourth-order valence-corrected chi connectivity index (χ4v) is 2.14. The number of benzene rings is 1. The molecule has 1 aromatic carbocycles. The summed E-state index contributed by atoms with van der Waals surface area (Å²) in [7, 11) is 0. The highest BCUT2D eigenvalue weighted by Gasteiger charge is 2.11. The highest BCUT2D eigenvalue weighted by molar-refractivity contribution is 7.80. The van der Waals surface area contributed by atoms with Gasteiger partial charge in [-0.25, -0.2) is 0 Å². The number of nitro benzene ring substituents is 1. The lowest BCUT2D eigenvalue weighted by molar-refractivity contribution is -0.384. The van der Waals surface area contributed by atoms with E-state index in [-0.39, 0.29) is 16.7 Å². The van der Waals surface area contributed by atoms with Crippen molar-refractivity contribution in [1.82, 2.24) is 5.32 Å². The van der Waals surface area contributed by atoms with E-state index in [0.29, 0.717) is 12.1 Å². The predicted molar refractivity (Wildman–Crippen MR) is 91.0 cm³/mol. The van der Waals surface area contributed by atoms with Crippen molar-refractivity contribution in [3.05, 3.63) is 33.9 Å². The van der Waals surface area contributed by atoms with Gasteiger partial charge in [-0.05, 0) is 31.1 Å². The number of anilines is 1. The Morgan fingerprint density at radius 1 is 1.32 bits per heavy atom. The Hall–Kier alpha value is -2.02. The van der Waals surface area contributed by atoms with Crippen molar-refractivity contribution in [2.45, 2.75) is 46.0 Å². The minimum atomic E-state index is -0.472. The summed E-state index contributed by atoms with van der Waals surface area (Å²) in [5.74, 6) is -0.142. The molecule has 0 bridgehead atoms. The molecule has 0 aromatic heterocycles. The normalized spacial score (nSPS) is 10.1. The number of amides is 1. The van der Waals surface area contributed by atoms with Crippen LogP contribution < -0.4 is 10.6 Å². The molecule has 1 aromatic rings. The Labute approximate surface area is 135 Å². The van der Waals surface area contributed by atoms with E-state index in [1.807, 2.05) is 0 Å². The van der Waals surface area contributed by atoms with Gasteiger partial charge in [-0.3, -0.25) is 14.9 Å². The van der Waals surface area contributed by atoms with E-state index in [9.17, 15) is 14.9 Å². The molecule has 0 radical (unpaired) electrons. The SMILES string of the molecule is CCCCCCC(=O)NC(=S)Nc1cc([N+](=O)[O-])ccc1C. The van der Waals surface area contributed by atoms with Gasteiger partial charge >= 0.3 is 0 Å². The van der Waals surface area contributed by atoms with Crippen LogP contribution >= 0.6 is 12.2 Å². The standard InChI is InChI=1S/C15H21N3O3S/c1-3-4-5-6-7-14(19)17-15(22)16-13-10-12(18(20)21)9-8-11(13)2/h8-10H,3-7H2,1-2H3,(H2,16,17,19,22). The number of nitrogens with zero attached hydrogens (tertiary/aromatic N) is 1. The van der Waals surface area contributed by atoms with Crippen molar-refractivity contribution < 1.29 is 9.72 Å². The molecule has 120 valence electrons. The Morgan fingerprint density at radius 3 is 2.68 bits per heavy atom. The number of nitrogens with one attached hydrogen (secondary N) is 2. The monoisotopic (exact) mass is 323 g/mol. The zero-order valence-electron chi connectivity index (χ0n) is 12.8. The number of non-ortho nitro benzene ring substituents is 1. The highest BCUT2D eigenvalue weighted by atomic mass is 32.1. The van der Waals surface area contributed by atoms with E-state index in [1.54, 1.807) is 13.0 Å². The molecule has 0 aliphatic heterocycles. The first kappa shape index (κ1) is 18.0. The van der Waals surface area contributed by atoms with Gasteiger partial charge in [0.2, 0.25) is 5.91 Å². The van der Waals surface area contributed by atoms with Crippen molar-refractivity contribution in [1.29, 1.82) is 0 Å². The lowest BCUT2D eigenvalue weighted by atomic mass is 10.1. The first-order chi connectivity index (χ1) is 10.4. The molecule has 0 fully saturated rings. The molecular weight excluding hydrogens is 302 g/mol. The van der Waals surface area contributed by atoms with Gasteiger partial charge in [0.25, 0.3) is 5.69 Å². The summed E-state index contributed by atoms with van der Waals surface area (Å²) in [6.45, 7) is 3.92. The topological polar surface area (TPSA) is 84.3 Å². The number of rotatable bonds is 7. The smallest absolute Gasteiger partial charge is 0.271 e. The van der Waals surface area contributed by atoms with E-state index < -0.39 is 4.92 Å². The maximum absolute atomic E-state index is 11.7. The van der Waals surface area contributed by atoms with E-state index in [4.69, 9.17) is 12.2 Å². The van der Waals surface area contributed by atoms with Gasteiger partial charge in [0, 0.05) is 24.2 Å². The van der Waals surface area contributed by atoms with Crippen LogP contribution in [0, 0.1) is 17.0 Å². The average Bonchev–Trinajstić information content (AvgIpc) is 2.45. The van der Waals surface area contributed by atoms with Gasteiger partial charge in [0.1, 0.15) is 0 Å². The second kappa shape index (κ2) is 9.09. The minimum Gasteiger partial charge on any atom is -0.332 e. The second-order valence-electron chi connectivity index (χ2n) is 5.07. The van der Waals surface area contributed by atoms with Crippen LogP contribution in [-0.4, -0.2) is 15.9 Å². The molecular formula is C15H21N3O3S. The summed E-state index contributed by atoms with van der Waals surface area (Å²) >= 11 is 5.07. The Kier molecular flexibility index (Phi) is 7.45. The number of carbonyl (C=O) groups excluding carboxylic acids is 1. The van der Waals surface area contributed by atoms with Crippen LogP contribution in [0.4, 0.5) is 11.4 Å². The largest absolute Gasteiger partial charge is 0.332 e. The Balaban J connectivity index is 2.52. The molecule has 22 heavy (non-hydrogen) atoms. The molecule has 2 N–H and O–H groups in total. The van der Waals surface area contributed by atoms with E-state index in [1.165, 1.54) is 12.1 Å². The van der Waals surface area contributed by atoms with Gasteiger partial charge in [-0.1, -0.05) is 32.3 Å². The number of hydrogen-bond acceptors (Lipinski definition) is 4. The van der Waals surface area contributed by atoms with Crippen LogP contribution in [0.3, 0.4) is 0 Å². The number of hydrogen-bond donors (Lipinski definition) is 2. The lowest BCUT2D eigenvalue weighted by Gasteiger charge is -2.11. The molecule has 1 amide bonds. The van der Waals surface area contributed by atoms with Crippen LogP contribution in [0.2, 0.25) is 0 Å². The quantitative estimate of drug-likeness (QED) is 0.346. The summed E-state index contributed by atoms with van der Waals surface area (Å²) in [6, 6.07) is 4.46. The summed E-state index contributed by atoms with van der Waals surface area (Å²) in [5.41, 5.74) is 1.30. The van der Waals surface area contributed by atoms with Crippen LogP contribution in [0.1, 0.15) is 44.6 Å². The van der Waals surface area contributed by atoms with Gasteiger partial charge in [-0.2, -0.15) is 0 Å². The van der Waals surface area contributed by atoms with Crippen LogP contribution in [0.25, 0.3) is 0 Å². The first-order valence-corrected chi connectivity index (χ1v) is 7.70. The molecule has 0 saturated heterocycles. The van der Waals surface area contributed by atoms with Crippen molar-refractivity contribution in [3.8, 4) is 0 Å². The number of carbonyl (C=O) groups is 1. The van der Waals surface area contributed by atoms with E-state index in [2.05, 4.69) is 17.6 Å². The molecule has 0 saturated carbocycles. The van der Waals surface area contributed by atoms with Crippen LogP contribution in [-0.2, 0) is 4.79 Å². The zero-order valence-corrected chi connectivity index (χ0v) is 13.7. The third kappa shape index (κ3) is 6.17. The van der Waals surface area contributed by atoms with E-state index >= 15 is 0 Å². The van der Waals surface area contributed by atoms with Crippen molar-refractivity contribution in [2.75, 3.05) is 5.32 Å². The highest BCUT2D eigenvalue weighted by Crippen LogP contribution is 2.21. The molecule has 0 heterocycles. The third-order valence-electron chi connectivity index (χ3n) is 3.19. The number of aryl methyl sites for hydroxylation is 1. The Bertz CT molecular complexity index is 561. The molecule has 0 spiro atoms. The van der Waals surface area contributed by atoms with Crippen LogP contribution in [0.5, 0.6) is 0 Å². The fourth-order valence-electron chi connectivity index (χ4n) is 1.91. The first-order valence-electron chi connectivity index (χ1n) is 7.30. The third-order valence-corrected chi connectivity index (χ3v) is 3.39.